The second kappa shape index (κ2) is 7.35. The molecule has 0 aromatic heterocycles. The molecule has 7 nitrogen and oxygen atoms in total. The van der Waals surface area contributed by atoms with Crippen molar-refractivity contribution in [3.05, 3.63) is 63.2 Å². The highest BCUT2D eigenvalue weighted by Crippen LogP contribution is 2.63. The summed E-state index contributed by atoms with van der Waals surface area (Å²) in [6.45, 7) is 2.21. The number of benzene rings is 1. The molecule has 5 aliphatic carbocycles. The molecule has 7 heteroatoms. The third kappa shape index (κ3) is 3.20. The van der Waals surface area contributed by atoms with E-state index in [0.29, 0.717) is 5.41 Å². The van der Waals surface area contributed by atoms with Crippen LogP contribution in [0.1, 0.15) is 66.2 Å². The minimum Gasteiger partial charge on any atom is -0.292 e. The van der Waals surface area contributed by atoms with Crippen molar-refractivity contribution in [3.63, 3.8) is 0 Å². The van der Waals surface area contributed by atoms with Crippen LogP contribution in [0.25, 0.3) is 0 Å². The number of hydrogen-bond donors (Lipinski definition) is 1. The molecule has 33 heavy (non-hydrogen) atoms. The summed E-state index contributed by atoms with van der Waals surface area (Å²) in [5.74, 6) is 1.84. The quantitative estimate of drug-likeness (QED) is 0.409. The lowest BCUT2D eigenvalue weighted by atomic mass is 9.47. The molecule has 1 aromatic carbocycles. The largest absolute Gasteiger partial charge is 0.292 e. The summed E-state index contributed by atoms with van der Waals surface area (Å²) in [6, 6.07) is 4.19. The highest BCUT2D eigenvalue weighted by atomic mass is 16.6. The van der Waals surface area contributed by atoms with Crippen molar-refractivity contribution >= 4 is 17.5 Å². The van der Waals surface area contributed by atoms with E-state index in [1.54, 1.807) is 0 Å². The van der Waals surface area contributed by atoms with Crippen molar-refractivity contribution in [1.29, 1.82) is 0 Å². The number of carbonyl (C=O) groups excluding carboxylic acids is 2. The molecule has 4 bridgehead atoms. The molecule has 1 aliphatic heterocycles. The summed E-state index contributed by atoms with van der Waals surface area (Å²) >= 11 is 0. The Bertz CT molecular complexity index is 1090. The number of rotatable bonds is 5. The monoisotopic (exact) mass is 447 g/mol. The van der Waals surface area contributed by atoms with E-state index < -0.39 is 16.7 Å². The Morgan fingerprint density at radius 3 is 2.36 bits per heavy atom. The van der Waals surface area contributed by atoms with Gasteiger partial charge in [0.1, 0.15) is 5.56 Å². The van der Waals surface area contributed by atoms with Crippen LogP contribution in [0.15, 0.2) is 42.0 Å². The van der Waals surface area contributed by atoms with Crippen LogP contribution in [-0.2, 0) is 0 Å². The molecule has 7 rings (SSSR count). The fourth-order valence-electron chi connectivity index (χ4n) is 7.70. The van der Waals surface area contributed by atoms with E-state index >= 15 is 0 Å². The first-order valence-corrected chi connectivity index (χ1v) is 12.1. The zero-order valence-electron chi connectivity index (χ0n) is 18.8. The molecule has 1 aromatic rings. The Kier molecular flexibility index (Phi) is 4.63. The second-order valence-corrected chi connectivity index (χ2v) is 10.9. The molecule has 4 fully saturated rings. The molecule has 2 amide bonds. The smallest absolute Gasteiger partial charge is 0.282 e. The van der Waals surface area contributed by atoms with Crippen LogP contribution in [0, 0.1) is 39.2 Å². The van der Waals surface area contributed by atoms with E-state index in [1.807, 2.05) is 0 Å². The minimum atomic E-state index is -0.607. The molecular formula is C26H29N3O4. The van der Waals surface area contributed by atoms with Crippen LogP contribution < -0.4 is 5.32 Å². The van der Waals surface area contributed by atoms with E-state index in [-0.39, 0.29) is 35.4 Å². The lowest BCUT2D eigenvalue weighted by molar-refractivity contribution is -0.385. The van der Waals surface area contributed by atoms with Gasteiger partial charge in [-0.15, -0.1) is 0 Å². The Hall–Kier alpha value is -2.80. The molecular weight excluding hydrogens is 418 g/mol. The lowest BCUT2D eigenvalue weighted by Crippen LogP contribution is -2.48. The maximum atomic E-state index is 12.8. The zero-order chi connectivity index (χ0) is 22.9. The summed E-state index contributed by atoms with van der Waals surface area (Å²) in [7, 11) is 0. The fourth-order valence-corrected chi connectivity index (χ4v) is 7.70. The van der Waals surface area contributed by atoms with Gasteiger partial charge < -0.3 is 0 Å². The Morgan fingerprint density at radius 2 is 1.76 bits per heavy atom. The van der Waals surface area contributed by atoms with Crippen LogP contribution in [-0.4, -0.2) is 34.3 Å². The van der Waals surface area contributed by atoms with Gasteiger partial charge in [-0.3, -0.25) is 29.9 Å². The zero-order valence-corrected chi connectivity index (χ0v) is 18.8. The number of hydrogen-bond acceptors (Lipinski definition) is 5. The Balaban J connectivity index is 1.15. The molecule has 6 aliphatic rings. The summed E-state index contributed by atoms with van der Waals surface area (Å²) in [4.78, 5) is 37.4. The number of fused-ring (bicyclic) bond motifs is 1. The maximum absolute atomic E-state index is 12.8. The Labute approximate surface area is 193 Å². The number of nitro benzene ring substituents is 1. The standard InChI is InChI=1S/C26H29N3O4/c1-15-7-19(26-11-16-8-17(12-26)10-18(9-16)13-26)5-6-21(15)27-14-28-24(30)20-3-2-4-22(29(32)33)23(20)25(28)31/h2-7,15-18,21,27H,8-14H2,1H3. The normalized spacial score (nSPS) is 36.3. The van der Waals surface area contributed by atoms with Crippen molar-refractivity contribution in [2.45, 2.75) is 51.5 Å². The third-order valence-corrected chi connectivity index (χ3v) is 8.80. The van der Waals surface area contributed by atoms with Crippen molar-refractivity contribution in [2.75, 3.05) is 6.67 Å². The van der Waals surface area contributed by atoms with Crippen molar-refractivity contribution < 1.29 is 14.5 Å². The highest BCUT2D eigenvalue weighted by molar-refractivity contribution is 6.23. The van der Waals surface area contributed by atoms with Crippen LogP contribution in [0.2, 0.25) is 0 Å². The molecule has 4 saturated carbocycles. The van der Waals surface area contributed by atoms with Crippen LogP contribution in [0.4, 0.5) is 5.69 Å². The summed E-state index contributed by atoms with van der Waals surface area (Å²) < 4.78 is 0. The van der Waals surface area contributed by atoms with Crippen molar-refractivity contribution in [2.24, 2.45) is 29.1 Å². The third-order valence-electron chi connectivity index (χ3n) is 8.80. The number of allylic oxidation sites excluding steroid dienone is 2. The molecule has 2 unspecified atom stereocenters. The van der Waals surface area contributed by atoms with Gasteiger partial charge in [0.15, 0.2) is 0 Å². The van der Waals surface area contributed by atoms with E-state index in [2.05, 4.69) is 30.5 Å². The summed E-state index contributed by atoms with van der Waals surface area (Å²) in [6.07, 6.45) is 15.1. The first-order chi connectivity index (χ1) is 15.8. The predicted octanol–water partition coefficient (Wildman–Crippen LogP) is 4.46. The van der Waals surface area contributed by atoms with E-state index in [1.165, 1.54) is 62.3 Å². The Morgan fingerprint density at radius 1 is 1.09 bits per heavy atom. The molecule has 172 valence electrons. The average Bonchev–Trinajstić information content (AvgIpc) is 3.02. The van der Waals surface area contributed by atoms with Gasteiger partial charge in [-0.25, -0.2) is 0 Å². The number of nitro groups is 1. The van der Waals surface area contributed by atoms with Crippen LogP contribution >= 0.6 is 0 Å². The highest BCUT2D eigenvalue weighted by Gasteiger charge is 2.52. The molecule has 1 heterocycles. The van der Waals surface area contributed by atoms with Gasteiger partial charge in [0.05, 0.1) is 17.2 Å². The van der Waals surface area contributed by atoms with Gasteiger partial charge in [0.25, 0.3) is 17.5 Å². The minimum absolute atomic E-state index is 0.00182. The van der Waals surface area contributed by atoms with Gasteiger partial charge in [0, 0.05) is 12.1 Å². The van der Waals surface area contributed by atoms with E-state index in [4.69, 9.17) is 0 Å². The first-order valence-electron chi connectivity index (χ1n) is 12.1. The lowest BCUT2D eigenvalue weighted by Gasteiger charge is -2.58. The average molecular weight is 448 g/mol. The predicted molar refractivity (Wildman–Crippen MR) is 122 cm³/mol. The number of imide groups is 1. The van der Waals surface area contributed by atoms with Gasteiger partial charge >= 0.3 is 0 Å². The number of nitrogens with one attached hydrogen (secondary N) is 1. The topological polar surface area (TPSA) is 92.6 Å². The van der Waals surface area contributed by atoms with Crippen LogP contribution in [0.5, 0.6) is 0 Å². The van der Waals surface area contributed by atoms with E-state index in [9.17, 15) is 19.7 Å². The molecule has 0 radical (unpaired) electrons. The molecule has 2 atom stereocenters. The molecule has 0 spiro atoms. The number of nitrogens with zero attached hydrogens (tertiary/aromatic N) is 2. The summed E-state index contributed by atoms with van der Waals surface area (Å²) in [5, 5.41) is 14.7. The fraction of sp³-hybridized carbons (Fsp3) is 0.538. The SMILES string of the molecule is CC1C=C(C23CC4CC(CC(C4)C2)C3)C=CC1NCN1C(=O)c2cccc([N+](=O)[O-])c2C1=O. The summed E-state index contributed by atoms with van der Waals surface area (Å²) in [5.41, 5.74) is 1.52. The van der Waals surface area contributed by atoms with Gasteiger partial charge in [-0.05, 0) is 79.3 Å². The molecule has 0 saturated heterocycles. The van der Waals surface area contributed by atoms with Gasteiger partial charge in [0.2, 0.25) is 0 Å². The number of carbonyl (C=O) groups is 2. The van der Waals surface area contributed by atoms with Crippen molar-refractivity contribution in [1.82, 2.24) is 10.2 Å². The van der Waals surface area contributed by atoms with E-state index in [0.717, 1.165) is 22.7 Å². The first kappa shape index (κ1) is 20.8. The van der Waals surface area contributed by atoms with Gasteiger partial charge in [-0.1, -0.05) is 31.2 Å². The number of amides is 2. The van der Waals surface area contributed by atoms with Gasteiger partial charge in [-0.2, -0.15) is 0 Å². The maximum Gasteiger partial charge on any atom is 0.282 e. The molecule has 1 N–H and O–H groups in total. The van der Waals surface area contributed by atoms with Crippen LogP contribution in [0.3, 0.4) is 0 Å². The second-order valence-electron chi connectivity index (χ2n) is 10.9. The van der Waals surface area contributed by atoms with Crippen molar-refractivity contribution in [3.8, 4) is 0 Å².